The van der Waals surface area contributed by atoms with Gasteiger partial charge in [0, 0.05) is 0 Å². The van der Waals surface area contributed by atoms with Crippen LogP contribution in [0, 0.1) is 13.8 Å². The molecule has 0 aliphatic heterocycles. The number of carboxylic acid groups (broad SMARTS) is 1. The van der Waals surface area contributed by atoms with Gasteiger partial charge in [-0.25, -0.2) is 4.79 Å². The second-order valence-corrected chi connectivity index (χ2v) is 4.18. The van der Waals surface area contributed by atoms with E-state index in [2.05, 4.69) is 0 Å². The monoisotopic (exact) mass is 226 g/mol. The van der Waals surface area contributed by atoms with Crippen LogP contribution in [0.5, 0.6) is 0 Å². The van der Waals surface area contributed by atoms with E-state index in [-0.39, 0.29) is 0 Å². The van der Waals surface area contributed by atoms with Crippen LogP contribution in [-0.4, -0.2) is 11.1 Å². The minimum absolute atomic E-state index is 0.369. The molecule has 0 unspecified atom stereocenters. The quantitative estimate of drug-likeness (QED) is 0.848. The summed E-state index contributed by atoms with van der Waals surface area (Å²) in [5.41, 5.74) is 4.09. The molecule has 0 saturated carbocycles. The molecule has 0 spiro atoms. The lowest BCUT2D eigenvalue weighted by molar-refractivity contribution is 0.0697. The third-order valence-electron chi connectivity index (χ3n) is 2.77. The Labute approximate surface area is 101 Å². The van der Waals surface area contributed by atoms with Crippen LogP contribution in [-0.2, 0) is 0 Å². The third-order valence-corrected chi connectivity index (χ3v) is 2.77. The highest BCUT2D eigenvalue weighted by molar-refractivity contribution is 5.97. The van der Waals surface area contributed by atoms with Gasteiger partial charge in [0.15, 0.2) is 0 Å². The van der Waals surface area contributed by atoms with E-state index in [4.69, 9.17) is 0 Å². The standard InChI is InChI=1S/C15H14O2/c1-10-8-11(2)14(13(9-10)15(16)17)12-6-4-3-5-7-12/h3-9H,1-2H3,(H,16,17). The van der Waals surface area contributed by atoms with Gasteiger partial charge in [0.2, 0.25) is 0 Å². The second-order valence-electron chi connectivity index (χ2n) is 4.18. The number of rotatable bonds is 2. The second kappa shape index (κ2) is 4.42. The molecule has 17 heavy (non-hydrogen) atoms. The summed E-state index contributed by atoms with van der Waals surface area (Å²) in [4.78, 5) is 11.3. The number of hydrogen-bond acceptors (Lipinski definition) is 1. The summed E-state index contributed by atoms with van der Waals surface area (Å²) in [5, 5.41) is 9.28. The van der Waals surface area contributed by atoms with E-state index in [1.165, 1.54) is 0 Å². The van der Waals surface area contributed by atoms with Gasteiger partial charge in [0.25, 0.3) is 0 Å². The Hall–Kier alpha value is -2.09. The van der Waals surface area contributed by atoms with Gasteiger partial charge in [-0.15, -0.1) is 0 Å². The van der Waals surface area contributed by atoms with Crippen LogP contribution in [0.1, 0.15) is 21.5 Å². The van der Waals surface area contributed by atoms with Gasteiger partial charge < -0.3 is 5.11 Å². The van der Waals surface area contributed by atoms with Crippen molar-refractivity contribution in [3.63, 3.8) is 0 Å². The Morgan fingerprint density at radius 1 is 1.06 bits per heavy atom. The summed E-state index contributed by atoms with van der Waals surface area (Å²) in [6.45, 7) is 3.86. The maximum Gasteiger partial charge on any atom is 0.336 e. The maximum atomic E-state index is 11.3. The number of aryl methyl sites for hydroxylation is 2. The number of aromatic carboxylic acids is 1. The largest absolute Gasteiger partial charge is 0.478 e. The summed E-state index contributed by atoms with van der Waals surface area (Å²) >= 11 is 0. The molecule has 1 N–H and O–H groups in total. The Balaban J connectivity index is 2.72. The van der Waals surface area contributed by atoms with Gasteiger partial charge in [-0.1, -0.05) is 36.4 Å². The zero-order chi connectivity index (χ0) is 12.4. The average Bonchev–Trinajstić information content (AvgIpc) is 2.29. The van der Waals surface area contributed by atoms with E-state index in [1.807, 2.05) is 50.2 Å². The summed E-state index contributed by atoms with van der Waals surface area (Å²) < 4.78 is 0. The molecule has 2 aromatic carbocycles. The van der Waals surface area contributed by atoms with Crippen molar-refractivity contribution in [3.8, 4) is 11.1 Å². The topological polar surface area (TPSA) is 37.3 Å². The van der Waals surface area contributed by atoms with Crippen molar-refractivity contribution in [1.29, 1.82) is 0 Å². The van der Waals surface area contributed by atoms with Crippen LogP contribution in [0.3, 0.4) is 0 Å². The lowest BCUT2D eigenvalue weighted by Gasteiger charge is -2.11. The third kappa shape index (κ3) is 2.21. The van der Waals surface area contributed by atoms with Gasteiger partial charge >= 0.3 is 5.97 Å². The lowest BCUT2D eigenvalue weighted by atomic mass is 9.93. The molecular formula is C15H14O2. The molecule has 0 radical (unpaired) electrons. The molecule has 2 nitrogen and oxygen atoms in total. The molecule has 0 aliphatic rings. The Kier molecular flexibility index (Phi) is 2.96. The van der Waals surface area contributed by atoms with Crippen molar-refractivity contribution < 1.29 is 9.90 Å². The first-order valence-corrected chi connectivity index (χ1v) is 5.49. The van der Waals surface area contributed by atoms with Crippen LogP contribution in [0.15, 0.2) is 42.5 Å². The van der Waals surface area contributed by atoms with Gasteiger partial charge in [0.1, 0.15) is 0 Å². The van der Waals surface area contributed by atoms with Crippen LogP contribution >= 0.6 is 0 Å². The predicted molar refractivity (Wildman–Crippen MR) is 68.3 cm³/mol. The highest BCUT2D eigenvalue weighted by Gasteiger charge is 2.14. The smallest absolute Gasteiger partial charge is 0.336 e. The highest BCUT2D eigenvalue weighted by Crippen LogP contribution is 2.28. The van der Waals surface area contributed by atoms with E-state index in [9.17, 15) is 9.90 Å². The number of carboxylic acids is 1. The molecule has 86 valence electrons. The van der Waals surface area contributed by atoms with Crippen LogP contribution in [0.4, 0.5) is 0 Å². The number of hydrogen-bond donors (Lipinski definition) is 1. The summed E-state index contributed by atoms with van der Waals surface area (Å²) in [7, 11) is 0. The zero-order valence-electron chi connectivity index (χ0n) is 9.90. The summed E-state index contributed by atoms with van der Waals surface area (Å²) in [5.74, 6) is -0.879. The van der Waals surface area contributed by atoms with Crippen molar-refractivity contribution in [1.82, 2.24) is 0 Å². The Morgan fingerprint density at radius 2 is 1.71 bits per heavy atom. The molecule has 0 fully saturated rings. The first-order valence-electron chi connectivity index (χ1n) is 5.49. The summed E-state index contributed by atoms with van der Waals surface area (Å²) in [6.07, 6.45) is 0. The van der Waals surface area contributed by atoms with Crippen molar-refractivity contribution >= 4 is 5.97 Å². The molecule has 0 aliphatic carbocycles. The SMILES string of the molecule is Cc1cc(C)c(-c2ccccc2)c(C(=O)O)c1. The van der Waals surface area contributed by atoms with Crippen molar-refractivity contribution in [2.45, 2.75) is 13.8 Å². The van der Waals surface area contributed by atoms with E-state index in [0.29, 0.717) is 5.56 Å². The van der Waals surface area contributed by atoms with E-state index >= 15 is 0 Å². The maximum absolute atomic E-state index is 11.3. The molecule has 0 heterocycles. The first-order chi connectivity index (χ1) is 8.09. The van der Waals surface area contributed by atoms with Crippen molar-refractivity contribution in [2.24, 2.45) is 0 Å². The fourth-order valence-corrected chi connectivity index (χ4v) is 2.12. The number of carbonyl (C=O) groups is 1. The van der Waals surface area contributed by atoms with E-state index in [1.54, 1.807) is 6.07 Å². The average molecular weight is 226 g/mol. The summed E-state index contributed by atoms with van der Waals surface area (Å²) in [6, 6.07) is 13.4. The van der Waals surface area contributed by atoms with Gasteiger partial charge in [-0.05, 0) is 42.2 Å². The minimum atomic E-state index is -0.879. The predicted octanol–water partition coefficient (Wildman–Crippen LogP) is 3.67. The molecule has 2 aromatic rings. The van der Waals surface area contributed by atoms with E-state index < -0.39 is 5.97 Å². The van der Waals surface area contributed by atoms with Crippen LogP contribution < -0.4 is 0 Å². The Bertz CT molecular complexity index is 557. The molecule has 0 saturated heterocycles. The van der Waals surface area contributed by atoms with E-state index in [0.717, 1.165) is 22.3 Å². The Morgan fingerprint density at radius 3 is 2.29 bits per heavy atom. The fourth-order valence-electron chi connectivity index (χ4n) is 2.12. The highest BCUT2D eigenvalue weighted by atomic mass is 16.4. The van der Waals surface area contributed by atoms with Crippen molar-refractivity contribution in [2.75, 3.05) is 0 Å². The fraction of sp³-hybridized carbons (Fsp3) is 0.133. The first kappa shape index (κ1) is 11.4. The lowest BCUT2D eigenvalue weighted by Crippen LogP contribution is -2.02. The van der Waals surface area contributed by atoms with Gasteiger partial charge in [-0.3, -0.25) is 0 Å². The van der Waals surface area contributed by atoms with Gasteiger partial charge in [-0.2, -0.15) is 0 Å². The molecular weight excluding hydrogens is 212 g/mol. The number of benzene rings is 2. The van der Waals surface area contributed by atoms with Crippen molar-refractivity contribution in [3.05, 3.63) is 59.2 Å². The zero-order valence-corrected chi connectivity index (χ0v) is 9.90. The molecule has 0 amide bonds. The minimum Gasteiger partial charge on any atom is -0.478 e. The normalized spacial score (nSPS) is 10.2. The molecule has 0 bridgehead atoms. The molecule has 2 heteroatoms. The molecule has 0 aromatic heterocycles. The van der Waals surface area contributed by atoms with Crippen LogP contribution in [0.25, 0.3) is 11.1 Å². The molecule has 2 rings (SSSR count). The van der Waals surface area contributed by atoms with Gasteiger partial charge in [0.05, 0.1) is 5.56 Å². The van der Waals surface area contributed by atoms with Crippen LogP contribution in [0.2, 0.25) is 0 Å². The molecule has 0 atom stereocenters.